The monoisotopic (exact) mass is 318 g/mol. The number of rotatable bonds is 7. The minimum atomic E-state index is 0.465. The van der Waals surface area contributed by atoms with Gasteiger partial charge >= 0.3 is 0 Å². The molecule has 0 aliphatic carbocycles. The highest BCUT2D eigenvalue weighted by Gasteiger charge is 2.27. The van der Waals surface area contributed by atoms with Gasteiger partial charge in [0, 0.05) is 12.5 Å². The Morgan fingerprint density at radius 2 is 2.13 bits per heavy atom. The minimum absolute atomic E-state index is 0.465. The number of likely N-dealkylation sites (tertiary alicyclic amines) is 1. The molecule has 1 saturated heterocycles. The molecule has 0 radical (unpaired) electrons. The standard InChI is InChI=1S/C16H26N6O/c1-4-5-8-16-18-15(20-23-16)11-21-9-6-7-14(21)10-22-13(3)17-12(2)19-22/h14H,4-11H2,1-3H3/t14-/m0/s1. The van der Waals surface area contributed by atoms with Crippen molar-refractivity contribution >= 4 is 0 Å². The fourth-order valence-corrected chi connectivity index (χ4v) is 3.21. The van der Waals surface area contributed by atoms with Gasteiger partial charge in [0.25, 0.3) is 0 Å². The number of aromatic nitrogens is 5. The molecule has 126 valence electrons. The maximum Gasteiger partial charge on any atom is 0.226 e. The van der Waals surface area contributed by atoms with E-state index in [9.17, 15) is 0 Å². The summed E-state index contributed by atoms with van der Waals surface area (Å²) in [6.07, 6.45) is 5.50. The van der Waals surface area contributed by atoms with Crippen LogP contribution in [0, 0.1) is 13.8 Å². The third-order valence-corrected chi connectivity index (χ3v) is 4.44. The molecule has 1 aliphatic heterocycles. The number of unbranched alkanes of at least 4 members (excludes halogenated alkanes) is 1. The minimum Gasteiger partial charge on any atom is -0.339 e. The van der Waals surface area contributed by atoms with E-state index in [0.717, 1.165) is 62.3 Å². The van der Waals surface area contributed by atoms with E-state index in [0.29, 0.717) is 6.04 Å². The van der Waals surface area contributed by atoms with Crippen molar-refractivity contribution in [2.45, 2.75) is 72.0 Å². The quantitative estimate of drug-likeness (QED) is 0.780. The number of hydrogen-bond donors (Lipinski definition) is 0. The maximum atomic E-state index is 5.34. The van der Waals surface area contributed by atoms with E-state index in [1.165, 1.54) is 12.8 Å². The van der Waals surface area contributed by atoms with Gasteiger partial charge in [0.15, 0.2) is 5.82 Å². The Labute approximate surface area is 137 Å². The third kappa shape index (κ3) is 3.96. The van der Waals surface area contributed by atoms with Crippen molar-refractivity contribution in [1.82, 2.24) is 29.8 Å². The Kier molecular flexibility index (Phi) is 5.05. The lowest BCUT2D eigenvalue weighted by molar-refractivity contribution is 0.210. The van der Waals surface area contributed by atoms with Gasteiger partial charge in [-0.25, -0.2) is 9.67 Å². The summed E-state index contributed by atoms with van der Waals surface area (Å²) in [6, 6.07) is 0.465. The van der Waals surface area contributed by atoms with Crippen molar-refractivity contribution in [1.29, 1.82) is 0 Å². The lowest BCUT2D eigenvalue weighted by Crippen LogP contribution is -2.33. The Bertz CT molecular complexity index is 634. The fraction of sp³-hybridized carbons (Fsp3) is 0.750. The highest BCUT2D eigenvalue weighted by molar-refractivity contribution is 4.92. The summed E-state index contributed by atoms with van der Waals surface area (Å²) in [6.45, 7) is 8.84. The molecule has 0 aromatic carbocycles. The number of aryl methyl sites for hydroxylation is 3. The van der Waals surface area contributed by atoms with Crippen LogP contribution >= 0.6 is 0 Å². The van der Waals surface area contributed by atoms with Crippen molar-refractivity contribution in [3.05, 3.63) is 23.4 Å². The summed E-state index contributed by atoms with van der Waals surface area (Å²) in [7, 11) is 0. The molecule has 7 heteroatoms. The first-order valence-electron chi connectivity index (χ1n) is 8.59. The summed E-state index contributed by atoms with van der Waals surface area (Å²) in [5, 5.41) is 8.62. The Morgan fingerprint density at radius 3 is 2.87 bits per heavy atom. The molecule has 0 amide bonds. The van der Waals surface area contributed by atoms with Crippen molar-refractivity contribution in [2.75, 3.05) is 6.54 Å². The van der Waals surface area contributed by atoms with E-state index in [1.54, 1.807) is 0 Å². The maximum absolute atomic E-state index is 5.34. The molecule has 0 spiro atoms. The second-order valence-electron chi connectivity index (χ2n) is 6.36. The van der Waals surface area contributed by atoms with E-state index >= 15 is 0 Å². The largest absolute Gasteiger partial charge is 0.339 e. The average molecular weight is 318 g/mol. The first-order chi connectivity index (χ1) is 11.2. The zero-order chi connectivity index (χ0) is 16.2. The lowest BCUT2D eigenvalue weighted by atomic mass is 10.2. The number of nitrogens with zero attached hydrogens (tertiary/aromatic N) is 6. The molecule has 3 heterocycles. The predicted octanol–water partition coefficient (Wildman–Crippen LogP) is 2.29. The molecule has 0 saturated carbocycles. The Morgan fingerprint density at radius 1 is 1.26 bits per heavy atom. The molecule has 1 atom stereocenters. The van der Waals surface area contributed by atoms with Crippen LogP contribution in [0.25, 0.3) is 0 Å². The van der Waals surface area contributed by atoms with Gasteiger partial charge in [-0.3, -0.25) is 4.90 Å². The first kappa shape index (κ1) is 16.1. The number of hydrogen-bond acceptors (Lipinski definition) is 6. The van der Waals surface area contributed by atoms with Gasteiger partial charge in [-0.15, -0.1) is 0 Å². The van der Waals surface area contributed by atoms with E-state index in [-0.39, 0.29) is 0 Å². The van der Waals surface area contributed by atoms with Gasteiger partial charge < -0.3 is 4.52 Å². The Hall–Kier alpha value is -1.76. The Balaban J connectivity index is 1.60. The molecule has 23 heavy (non-hydrogen) atoms. The van der Waals surface area contributed by atoms with E-state index < -0.39 is 0 Å². The second-order valence-corrected chi connectivity index (χ2v) is 6.36. The molecule has 1 aliphatic rings. The summed E-state index contributed by atoms with van der Waals surface area (Å²) in [4.78, 5) is 11.3. The van der Waals surface area contributed by atoms with Crippen LogP contribution in [0.15, 0.2) is 4.52 Å². The molecule has 1 fully saturated rings. The molecular weight excluding hydrogens is 292 g/mol. The lowest BCUT2D eigenvalue weighted by Gasteiger charge is -2.23. The zero-order valence-corrected chi connectivity index (χ0v) is 14.3. The van der Waals surface area contributed by atoms with Crippen molar-refractivity contribution in [2.24, 2.45) is 0 Å². The van der Waals surface area contributed by atoms with Gasteiger partial charge in [-0.05, 0) is 39.7 Å². The van der Waals surface area contributed by atoms with Crippen LogP contribution in [0.5, 0.6) is 0 Å². The SMILES string of the molecule is CCCCc1nc(CN2CCC[C@H]2Cn2nc(C)nc2C)no1. The van der Waals surface area contributed by atoms with Gasteiger partial charge in [-0.2, -0.15) is 10.1 Å². The molecule has 2 aromatic heterocycles. The van der Waals surface area contributed by atoms with Crippen LogP contribution in [0.1, 0.15) is 56.0 Å². The molecule has 0 bridgehead atoms. The summed E-state index contributed by atoms with van der Waals surface area (Å²) >= 11 is 0. The van der Waals surface area contributed by atoms with E-state index in [1.807, 2.05) is 18.5 Å². The highest BCUT2D eigenvalue weighted by atomic mass is 16.5. The molecular formula is C16H26N6O. The molecule has 2 aromatic rings. The predicted molar refractivity (Wildman–Crippen MR) is 85.8 cm³/mol. The van der Waals surface area contributed by atoms with Crippen LogP contribution in [0.2, 0.25) is 0 Å². The fourth-order valence-electron chi connectivity index (χ4n) is 3.21. The third-order valence-electron chi connectivity index (χ3n) is 4.44. The van der Waals surface area contributed by atoms with Gasteiger partial charge in [0.1, 0.15) is 11.6 Å². The van der Waals surface area contributed by atoms with E-state index in [2.05, 4.69) is 32.0 Å². The summed E-state index contributed by atoms with van der Waals surface area (Å²) < 4.78 is 7.35. The van der Waals surface area contributed by atoms with Gasteiger partial charge in [0.2, 0.25) is 5.89 Å². The van der Waals surface area contributed by atoms with Crippen LogP contribution in [-0.2, 0) is 19.5 Å². The first-order valence-corrected chi connectivity index (χ1v) is 8.59. The topological polar surface area (TPSA) is 72.9 Å². The molecule has 0 N–H and O–H groups in total. The van der Waals surface area contributed by atoms with Crippen LogP contribution in [0.3, 0.4) is 0 Å². The van der Waals surface area contributed by atoms with Crippen molar-refractivity contribution in [3.8, 4) is 0 Å². The second kappa shape index (κ2) is 7.21. The summed E-state index contributed by atoms with van der Waals surface area (Å²) in [5.74, 6) is 3.39. The van der Waals surface area contributed by atoms with Gasteiger partial charge in [0.05, 0.1) is 13.1 Å². The summed E-state index contributed by atoms with van der Waals surface area (Å²) in [5.41, 5.74) is 0. The van der Waals surface area contributed by atoms with E-state index in [4.69, 9.17) is 4.52 Å². The van der Waals surface area contributed by atoms with Crippen molar-refractivity contribution < 1.29 is 4.52 Å². The van der Waals surface area contributed by atoms with Crippen LogP contribution < -0.4 is 0 Å². The normalized spacial score (nSPS) is 18.8. The smallest absolute Gasteiger partial charge is 0.226 e. The van der Waals surface area contributed by atoms with Gasteiger partial charge in [-0.1, -0.05) is 18.5 Å². The molecule has 3 rings (SSSR count). The molecule has 7 nitrogen and oxygen atoms in total. The van der Waals surface area contributed by atoms with Crippen LogP contribution in [-0.4, -0.2) is 42.4 Å². The average Bonchev–Trinajstić information content (AvgIpc) is 3.21. The van der Waals surface area contributed by atoms with Crippen LogP contribution in [0.4, 0.5) is 0 Å². The van der Waals surface area contributed by atoms with Crippen molar-refractivity contribution in [3.63, 3.8) is 0 Å². The zero-order valence-electron chi connectivity index (χ0n) is 14.3. The molecule has 0 unspecified atom stereocenters. The highest BCUT2D eigenvalue weighted by Crippen LogP contribution is 2.21.